The number of para-hydroxylation sites is 1. The maximum atomic E-state index is 12.2. The fourth-order valence-corrected chi connectivity index (χ4v) is 4.52. The van der Waals surface area contributed by atoms with Crippen LogP contribution in [0.1, 0.15) is 18.9 Å². The molecule has 2 aromatic carbocycles. The lowest BCUT2D eigenvalue weighted by Crippen LogP contribution is -2.50. The van der Waals surface area contributed by atoms with E-state index in [1.165, 1.54) is 6.33 Å². The molecule has 38 heavy (non-hydrogen) atoms. The van der Waals surface area contributed by atoms with Crippen LogP contribution in [0.5, 0.6) is 11.5 Å². The highest BCUT2D eigenvalue weighted by molar-refractivity contribution is 5.98. The lowest BCUT2D eigenvalue weighted by atomic mass is 10.1. The number of ether oxygens (including phenoxy) is 1. The summed E-state index contributed by atoms with van der Waals surface area (Å²) in [7, 11) is 3.92. The van der Waals surface area contributed by atoms with Gasteiger partial charge in [0.2, 0.25) is 5.91 Å². The third-order valence-corrected chi connectivity index (χ3v) is 6.42. The Morgan fingerprint density at radius 3 is 2.61 bits per heavy atom. The second-order valence-electron chi connectivity index (χ2n) is 9.56. The first-order chi connectivity index (χ1) is 18.5. The van der Waals surface area contributed by atoms with Crippen LogP contribution in [0.4, 0.5) is 5.82 Å². The molecule has 2 atom stereocenters. The van der Waals surface area contributed by atoms with Crippen LogP contribution in [0.15, 0.2) is 73.1 Å². The summed E-state index contributed by atoms with van der Waals surface area (Å²) in [6, 6.07) is 17.5. The molecule has 0 unspecified atom stereocenters. The number of nitrogen functional groups attached to an aromatic ring is 1. The molecule has 196 valence electrons. The Labute approximate surface area is 221 Å². The molecule has 1 fully saturated rings. The highest BCUT2D eigenvalue weighted by Crippen LogP contribution is 2.34. The van der Waals surface area contributed by atoms with E-state index in [1.54, 1.807) is 6.08 Å². The van der Waals surface area contributed by atoms with Gasteiger partial charge in [0.15, 0.2) is 5.65 Å². The van der Waals surface area contributed by atoms with Gasteiger partial charge in [0.05, 0.1) is 17.6 Å². The lowest BCUT2D eigenvalue weighted by molar-refractivity contribution is -0.117. The second-order valence-corrected chi connectivity index (χ2v) is 9.56. The number of fused-ring (bicyclic) bond motifs is 1. The van der Waals surface area contributed by atoms with Crippen molar-refractivity contribution in [3.8, 4) is 22.8 Å². The zero-order valence-electron chi connectivity index (χ0n) is 21.5. The number of piperidine rings is 1. The monoisotopic (exact) mass is 512 g/mol. The van der Waals surface area contributed by atoms with Crippen molar-refractivity contribution in [1.29, 1.82) is 0 Å². The number of benzene rings is 2. The third kappa shape index (κ3) is 5.82. The van der Waals surface area contributed by atoms with Gasteiger partial charge in [0.1, 0.15) is 29.3 Å². The molecule has 4 aromatic rings. The number of carbonyl (C=O) groups excluding carboxylic acids is 1. The van der Waals surface area contributed by atoms with Crippen molar-refractivity contribution in [2.24, 2.45) is 0 Å². The van der Waals surface area contributed by atoms with Crippen molar-refractivity contribution < 1.29 is 9.53 Å². The number of nitrogens with two attached hydrogens (primary N) is 1. The van der Waals surface area contributed by atoms with Crippen molar-refractivity contribution in [2.45, 2.75) is 25.0 Å². The highest BCUT2D eigenvalue weighted by atomic mass is 16.5. The van der Waals surface area contributed by atoms with E-state index in [2.05, 4.69) is 20.6 Å². The van der Waals surface area contributed by atoms with E-state index < -0.39 is 0 Å². The molecule has 1 saturated heterocycles. The van der Waals surface area contributed by atoms with E-state index in [-0.39, 0.29) is 18.1 Å². The number of nitrogens with zero attached hydrogens (tertiary/aromatic N) is 5. The predicted octanol–water partition coefficient (Wildman–Crippen LogP) is 3.35. The van der Waals surface area contributed by atoms with Gasteiger partial charge in [-0.25, -0.2) is 14.6 Å². The molecule has 0 aliphatic carbocycles. The third-order valence-electron chi connectivity index (χ3n) is 6.42. The number of nitrogens with one attached hydrogen (secondary N) is 2. The van der Waals surface area contributed by atoms with Gasteiger partial charge in [-0.3, -0.25) is 10.1 Å². The first-order valence-corrected chi connectivity index (χ1v) is 12.6. The molecule has 0 radical (unpaired) electrons. The minimum atomic E-state index is -0.102. The Bertz CT molecular complexity index is 1410. The summed E-state index contributed by atoms with van der Waals surface area (Å²) in [5.74, 6) is 1.79. The van der Waals surface area contributed by atoms with Crippen molar-refractivity contribution in [1.82, 2.24) is 35.3 Å². The van der Waals surface area contributed by atoms with Gasteiger partial charge in [0.25, 0.3) is 0 Å². The maximum Gasteiger partial charge on any atom is 0.244 e. The first kappa shape index (κ1) is 25.4. The van der Waals surface area contributed by atoms with Gasteiger partial charge in [-0.15, -0.1) is 0 Å². The van der Waals surface area contributed by atoms with Gasteiger partial charge in [-0.1, -0.05) is 24.3 Å². The van der Waals surface area contributed by atoms with E-state index in [9.17, 15) is 4.79 Å². The number of rotatable bonds is 8. The average molecular weight is 513 g/mol. The average Bonchev–Trinajstić information content (AvgIpc) is 3.31. The maximum absolute atomic E-state index is 12.2. The van der Waals surface area contributed by atoms with E-state index >= 15 is 0 Å². The molecule has 5 rings (SSSR count). The summed E-state index contributed by atoms with van der Waals surface area (Å²) in [4.78, 5) is 23.0. The Morgan fingerprint density at radius 2 is 1.89 bits per heavy atom. The lowest BCUT2D eigenvalue weighted by Gasteiger charge is -2.30. The Balaban J connectivity index is 1.32. The Kier molecular flexibility index (Phi) is 7.62. The number of aromatic nitrogens is 4. The fraction of sp³-hybridized carbons (Fsp3) is 0.286. The zero-order valence-corrected chi connectivity index (χ0v) is 21.5. The molecular weight excluding hydrogens is 480 g/mol. The zero-order chi connectivity index (χ0) is 26.5. The van der Waals surface area contributed by atoms with Crippen LogP contribution in [0.2, 0.25) is 0 Å². The van der Waals surface area contributed by atoms with Crippen molar-refractivity contribution in [3.63, 3.8) is 0 Å². The quantitative estimate of drug-likeness (QED) is 0.307. The van der Waals surface area contributed by atoms with Crippen LogP contribution < -0.4 is 21.1 Å². The number of hydrogen-bond acceptors (Lipinski definition) is 8. The number of anilines is 1. The second kappa shape index (κ2) is 11.4. The first-order valence-electron chi connectivity index (χ1n) is 12.6. The normalized spacial score (nSPS) is 17.8. The molecule has 1 aliphatic rings. The minimum absolute atomic E-state index is 0.0543. The highest BCUT2D eigenvalue weighted by Gasteiger charge is 2.27. The van der Waals surface area contributed by atoms with Gasteiger partial charge >= 0.3 is 0 Å². The molecule has 1 aliphatic heterocycles. The molecule has 2 aromatic heterocycles. The molecule has 10 nitrogen and oxygen atoms in total. The minimum Gasteiger partial charge on any atom is -0.457 e. The van der Waals surface area contributed by atoms with Crippen molar-refractivity contribution in [2.75, 3.05) is 32.9 Å². The summed E-state index contributed by atoms with van der Waals surface area (Å²) in [6.45, 7) is 1.35. The molecule has 0 spiro atoms. The summed E-state index contributed by atoms with van der Waals surface area (Å²) in [5, 5.41) is 12.1. The van der Waals surface area contributed by atoms with Crippen molar-refractivity contribution >= 4 is 22.8 Å². The van der Waals surface area contributed by atoms with Crippen LogP contribution in [0, 0.1) is 0 Å². The molecule has 10 heteroatoms. The number of carbonyl (C=O) groups is 1. The van der Waals surface area contributed by atoms with Crippen LogP contribution >= 0.6 is 0 Å². The standard InChI is InChI=1S/C28H32N8O2/c1-35(2)16-6-9-24(37)33-23-15-12-20(17-30-23)36-28-25(27(29)31-18-32-28)26(34-36)19-10-13-22(14-11-19)38-21-7-4-3-5-8-21/h3-11,13-14,18,20,23,30H,12,15-17H2,1-2H3,(H,33,37)(H2,29,31,32)/b9-6+/t20-,23+/m1/s1. The summed E-state index contributed by atoms with van der Waals surface area (Å²) in [5.41, 5.74) is 8.62. The van der Waals surface area contributed by atoms with Gasteiger partial charge in [0, 0.05) is 24.7 Å². The van der Waals surface area contributed by atoms with E-state index in [0.717, 1.165) is 47.5 Å². The molecule has 3 heterocycles. The topological polar surface area (TPSA) is 123 Å². The summed E-state index contributed by atoms with van der Waals surface area (Å²) < 4.78 is 7.86. The molecule has 4 N–H and O–H groups in total. The fourth-order valence-electron chi connectivity index (χ4n) is 4.52. The number of hydrogen-bond donors (Lipinski definition) is 3. The van der Waals surface area contributed by atoms with E-state index in [1.807, 2.05) is 84.4 Å². The number of likely N-dealkylation sites (N-methyl/N-ethyl adjacent to an activating group) is 1. The molecule has 0 bridgehead atoms. The SMILES string of the molecule is CN(C)C/C=C/C(=O)N[C@H]1CC[C@@H](n2nc(-c3ccc(Oc4ccccc4)cc3)c3c(N)ncnc32)CN1. The molecule has 1 amide bonds. The molecular formula is C28H32N8O2. The van der Waals surface area contributed by atoms with Crippen molar-refractivity contribution in [3.05, 3.63) is 73.1 Å². The largest absolute Gasteiger partial charge is 0.457 e. The summed E-state index contributed by atoms with van der Waals surface area (Å²) >= 11 is 0. The predicted molar refractivity (Wildman–Crippen MR) is 148 cm³/mol. The van der Waals surface area contributed by atoms with Gasteiger partial charge in [-0.2, -0.15) is 5.10 Å². The van der Waals surface area contributed by atoms with E-state index in [0.29, 0.717) is 18.0 Å². The van der Waals surface area contributed by atoms with Crippen LogP contribution in [-0.4, -0.2) is 63.9 Å². The van der Waals surface area contributed by atoms with Crippen LogP contribution in [0.3, 0.4) is 0 Å². The van der Waals surface area contributed by atoms with E-state index in [4.69, 9.17) is 15.6 Å². The van der Waals surface area contributed by atoms with Crippen LogP contribution in [-0.2, 0) is 4.79 Å². The molecule has 0 saturated carbocycles. The Hall–Kier alpha value is -4.28. The summed E-state index contributed by atoms with van der Waals surface area (Å²) in [6.07, 6.45) is 6.39. The Morgan fingerprint density at radius 1 is 1.13 bits per heavy atom. The van der Waals surface area contributed by atoms with Crippen LogP contribution in [0.25, 0.3) is 22.3 Å². The smallest absolute Gasteiger partial charge is 0.244 e. The van der Waals surface area contributed by atoms with Gasteiger partial charge < -0.3 is 20.7 Å². The number of amides is 1. The van der Waals surface area contributed by atoms with Gasteiger partial charge in [-0.05, 0) is 63.3 Å².